The summed E-state index contributed by atoms with van der Waals surface area (Å²) in [5.74, 6) is 7.67. The van der Waals surface area contributed by atoms with Crippen LogP contribution in [0.2, 0.25) is 0 Å². The van der Waals surface area contributed by atoms with Gasteiger partial charge in [-0.3, -0.25) is 0 Å². The number of hydrogen-bond acceptors (Lipinski definition) is 4. The zero-order chi connectivity index (χ0) is 44.4. The van der Waals surface area contributed by atoms with Crippen molar-refractivity contribution in [2.75, 3.05) is 0 Å². The van der Waals surface area contributed by atoms with Gasteiger partial charge in [-0.25, -0.2) is 0 Å². The zero-order valence-corrected chi connectivity index (χ0v) is 43.2. The molecule has 0 aromatic rings. The van der Waals surface area contributed by atoms with Crippen molar-refractivity contribution in [1.29, 1.82) is 0 Å². The molecular weight excluding hydrogens is 689 g/mol. The summed E-state index contributed by atoms with van der Waals surface area (Å²) in [5, 5.41) is 0. The monoisotopic (exact) mass is 793 g/mol. The smallest absolute Gasteiger partial charge is 0.0632 e. The van der Waals surface area contributed by atoms with E-state index in [4.69, 9.17) is 18.9 Å². The van der Waals surface area contributed by atoms with Crippen LogP contribution in [-0.4, -0.2) is 48.8 Å². The van der Waals surface area contributed by atoms with Crippen molar-refractivity contribution in [3.63, 3.8) is 0 Å². The first-order chi connectivity index (χ1) is 25.1. The van der Waals surface area contributed by atoms with Crippen molar-refractivity contribution in [3.05, 3.63) is 0 Å². The van der Waals surface area contributed by atoms with Crippen LogP contribution >= 0.6 is 0 Å². The molecule has 336 valence electrons. The minimum Gasteiger partial charge on any atom is -0.374 e. The lowest BCUT2D eigenvalue weighted by Gasteiger charge is -2.51. The van der Waals surface area contributed by atoms with Gasteiger partial charge in [0, 0.05) is 0 Å². The zero-order valence-electron chi connectivity index (χ0n) is 43.2. The van der Waals surface area contributed by atoms with Crippen LogP contribution in [0.1, 0.15) is 194 Å². The molecule has 4 saturated heterocycles. The highest BCUT2D eigenvalue weighted by atomic mass is 16.5. The van der Waals surface area contributed by atoms with E-state index in [-0.39, 0.29) is 0 Å². The lowest BCUT2D eigenvalue weighted by molar-refractivity contribution is -0.174. The SMILES string of the molecule is CC(C)[C@@H]1O[C@H](C)[C@@H](C)C(C)(C)[C@H]1C.CC(C)[C@@H]1O[C@H](C)[C@@H](C)C(C)(C)[C@H]1C.CC(C)[C@H]1O[C@H](C)[C@@H](C)C(C)(C)[C@H]1C.CC(C)[C@H]1O[C@H](C)[C@@H](C)C(C)(C)[C@H]1C. The van der Waals surface area contributed by atoms with Gasteiger partial charge in [-0.1, -0.05) is 166 Å². The van der Waals surface area contributed by atoms with E-state index in [0.717, 1.165) is 0 Å². The lowest BCUT2D eigenvalue weighted by atomic mass is 9.63. The van der Waals surface area contributed by atoms with Gasteiger partial charge in [0.2, 0.25) is 0 Å². The van der Waals surface area contributed by atoms with Gasteiger partial charge in [0.15, 0.2) is 0 Å². The average molecular weight is 793 g/mol. The highest BCUT2D eigenvalue weighted by Crippen LogP contribution is 2.49. The van der Waals surface area contributed by atoms with Crippen LogP contribution in [0, 0.1) is 92.7 Å². The maximum atomic E-state index is 6.11. The van der Waals surface area contributed by atoms with Gasteiger partial charge >= 0.3 is 0 Å². The average Bonchev–Trinajstić information content (AvgIpc) is 3.08. The van der Waals surface area contributed by atoms with E-state index < -0.39 is 0 Å². The topological polar surface area (TPSA) is 36.9 Å². The summed E-state index contributed by atoms with van der Waals surface area (Å²) >= 11 is 0. The summed E-state index contributed by atoms with van der Waals surface area (Å²) in [6.45, 7) is 64.7. The van der Waals surface area contributed by atoms with E-state index in [0.29, 0.717) is 142 Å². The Kier molecular flexibility index (Phi) is 19.8. The van der Waals surface area contributed by atoms with Gasteiger partial charge in [-0.15, -0.1) is 0 Å². The summed E-state index contributed by atoms with van der Waals surface area (Å²) in [4.78, 5) is 0. The largest absolute Gasteiger partial charge is 0.374 e. The Bertz CT molecular complexity index is 958. The summed E-state index contributed by atoms with van der Waals surface area (Å²) < 4.78 is 24.4. The number of rotatable bonds is 4. The molecule has 4 rings (SSSR count). The molecule has 4 aliphatic heterocycles. The fourth-order valence-corrected chi connectivity index (χ4v) is 10.6. The first-order valence-corrected chi connectivity index (χ1v) is 23.7. The minimum absolute atomic E-state index is 0.395. The van der Waals surface area contributed by atoms with Crippen LogP contribution in [0.25, 0.3) is 0 Å². The lowest BCUT2D eigenvalue weighted by Crippen LogP contribution is -2.51. The molecule has 0 amide bonds. The fourth-order valence-electron chi connectivity index (χ4n) is 10.6. The first kappa shape index (κ1) is 53.9. The van der Waals surface area contributed by atoms with E-state index in [1.165, 1.54) is 0 Å². The third-order valence-corrected chi connectivity index (χ3v) is 18.3. The molecule has 4 fully saturated rings. The van der Waals surface area contributed by atoms with Gasteiger partial charge < -0.3 is 18.9 Å². The molecule has 56 heavy (non-hydrogen) atoms. The van der Waals surface area contributed by atoms with E-state index in [1.54, 1.807) is 0 Å². The molecule has 0 bridgehead atoms. The minimum atomic E-state index is 0.395. The normalized spacial score (nSPS) is 42.9. The van der Waals surface area contributed by atoms with Gasteiger partial charge in [-0.2, -0.15) is 0 Å². The Morgan fingerprint density at radius 2 is 0.375 bits per heavy atom. The first-order valence-electron chi connectivity index (χ1n) is 23.7. The Labute approximate surface area is 353 Å². The summed E-state index contributed by atoms with van der Waals surface area (Å²) in [6, 6.07) is 0. The molecule has 0 aromatic heterocycles. The molecule has 0 N–H and O–H groups in total. The second-order valence-electron chi connectivity index (χ2n) is 23.8. The second-order valence-corrected chi connectivity index (χ2v) is 23.8. The quantitative estimate of drug-likeness (QED) is 0.284. The Morgan fingerprint density at radius 1 is 0.250 bits per heavy atom. The van der Waals surface area contributed by atoms with E-state index in [9.17, 15) is 0 Å². The molecule has 0 saturated carbocycles. The van der Waals surface area contributed by atoms with Crippen LogP contribution in [0.15, 0.2) is 0 Å². The van der Waals surface area contributed by atoms with E-state index in [1.807, 2.05) is 0 Å². The van der Waals surface area contributed by atoms with Crippen molar-refractivity contribution in [2.45, 2.75) is 243 Å². The molecule has 0 aliphatic carbocycles. The van der Waals surface area contributed by atoms with Crippen molar-refractivity contribution < 1.29 is 18.9 Å². The summed E-state index contributed by atoms with van der Waals surface area (Å²) in [6.07, 6.45) is 3.30. The fraction of sp³-hybridized carbons (Fsp3) is 1.00. The van der Waals surface area contributed by atoms with Gasteiger partial charge in [0.1, 0.15) is 0 Å². The third-order valence-electron chi connectivity index (χ3n) is 18.3. The molecule has 0 spiro atoms. The van der Waals surface area contributed by atoms with Crippen LogP contribution < -0.4 is 0 Å². The van der Waals surface area contributed by atoms with Crippen molar-refractivity contribution in [2.24, 2.45) is 92.7 Å². The van der Waals surface area contributed by atoms with Crippen LogP contribution in [0.3, 0.4) is 0 Å². The van der Waals surface area contributed by atoms with Crippen LogP contribution in [-0.2, 0) is 18.9 Å². The standard InChI is InChI=1S/4C13H26O/c4*1-8(2)12-10(4)13(6,7)9(3)11(5)14-12/h4*8-12H,1-7H3/t2*9-,10+,11-,12+;2*9-,10+,11-,12-/m1111/s1. The Balaban J connectivity index is 0.000000373. The molecule has 0 aromatic carbocycles. The molecule has 4 aliphatic rings. The summed E-state index contributed by atoms with van der Waals surface area (Å²) in [5.41, 5.74) is 1.58. The van der Waals surface area contributed by atoms with Gasteiger partial charge in [-0.05, 0) is 120 Å². The molecule has 4 heteroatoms. The molecule has 4 heterocycles. The predicted octanol–water partition coefficient (Wildman–Crippen LogP) is 14.9. The highest BCUT2D eigenvalue weighted by Gasteiger charge is 2.49. The maximum absolute atomic E-state index is 6.11. The van der Waals surface area contributed by atoms with Crippen LogP contribution in [0.4, 0.5) is 0 Å². The Morgan fingerprint density at radius 3 is 0.482 bits per heavy atom. The molecule has 4 nitrogen and oxygen atoms in total. The molecular formula is C52H104O4. The predicted molar refractivity (Wildman–Crippen MR) is 245 cm³/mol. The number of hydrogen-bond donors (Lipinski definition) is 0. The summed E-state index contributed by atoms with van der Waals surface area (Å²) in [7, 11) is 0. The highest BCUT2D eigenvalue weighted by molar-refractivity contribution is 4.96. The van der Waals surface area contributed by atoms with Crippen molar-refractivity contribution in [3.8, 4) is 0 Å². The van der Waals surface area contributed by atoms with Crippen molar-refractivity contribution >= 4 is 0 Å². The Hall–Kier alpha value is -0.160. The molecule has 16 atom stereocenters. The molecule has 0 unspecified atom stereocenters. The van der Waals surface area contributed by atoms with Crippen LogP contribution in [0.5, 0.6) is 0 Å². The number of ether oxygens (including phenoxy) is 4. The van der Waals surface area contributed by atoms with Gasteiger partial charge in [0.05, 0.1) is 48.8 Å². The second kappa shape index (κ2) is 20.6. The molecule has 0 radical (unpaired) electrons. The van der Waals surface area contributed by atoms with E-state index in [2.05, 4.69) is 194 Å². The van der Waals surface area contributed by atoms with E-state index >= 15 is 0 Å². The third kappa shape index (κ3) is 12.0. The maximum Gasteiger partial charge on any atom is 0.0632 e. The van der Waals surface area contributed by atoms with Gasteiger partial charge in [0.25, 0.3) is 0 Å². The van der Waals surface area contributed by atoms with Crippen molar-refractivity contribution in [1.82, 2.24) is 0 Å².